The van der Waals surface area contributed by atoms with Crippen molar-refractivity contribution in [1.82, 2.24) is 10.2 Å². The SMILES string of the molecule is CC(C)NCCCC(=O)N1C(=O)c2cccc(N)c2C1=O. The van der Waals surface area contributed by atoms with Gasteiger partial charge in [-0.2, -0.15) is 0 Å². The summed E-state index contributed by atoms with van der Waals surface area (Å²) in [6.07, 6.45) is 0.713. The highest BCUT2D eigenvalue weighted by atomic mass is 16.2. The number of carbonyl (C=O) groups excluding carboxylic acids is 3. The van der Waals surface area contributed by atoms with Crippen molar-refractivity contribution in [1.29, 1.82) is 0 Å². The van der Waals surface area contributed by atoms with E-state index >= 15 is 0 Å². The van der Waals surface area contributed by atoms with Crippen LogP contribution in [0.1, 0.15) is 47.4 Å². The first-order valence-electron chi connectivity index (χ1n) is 6.97. The Morgan fingerprint density at radius 2 is 2.00 bits per heavy atom. The molecule has 0 saturated carbocycles. The van der Waals surface area contributed by atoms with Crippen molar-refractivity contribution in [2.75, 3.05) is 12.3 Å². The topological polar surface area (TPSA) is 92.5 Å². The fraction of sp³-hybridized carbons (Fsp3) is 0.400. The summed E-state index contributed by atoms with van der Waals surface area (Å²) >= 11 is 0. The maximum Gasteiger partial charge on any atom is 0.270 e. The second kappa shape index (κ2) is 6.05. The summed E-state index contributed by atoms with van der Waals surface area (Å²) in [5.41, 5.74) is 6.28. The summed E-state index contributed by atoms with van der Waals surface area (Å²) < 4.78 is 0. The van der Waals surface area contributed by atoms with Crippen molar-refractivity contribution in [2.45, 2.75) is 32.7 Å². The highest BCUT2D eigenvalue weighted by molar-refractivity contribution is 6.30. The number of nitrogens with zero attached hydrogens (tertiary/aromatic N) is 1. The van der Waals surface area contributed by atoms with Crippen molar-refractivity contribution in [2.24, 2.45) is 0 Å². The molecule has 1 aromatic rings. The Kier molecular flexibility index (Phi) is 4.37. The second-order valence-corrected chi connectivity index (χ2v) is 5.32. The molecule has 1 aliphatic rings. The van der Waals surface area contributed by atoms with E-state index in [0.29, 0.717) is 23.9 Å². The molecule has 0 fully saturated rings. The Balaban J connectivity index is 2.06. The second-order valence-electron chi connectivity index (χ2n) is 5.32. The molecule has 0 spiro atoms. The molecular weight excluding hydrogens is 270 g/mol. The van der Waals surface area contributed by atoms with Gasteiger partial charge in [0.25, 0.3) is 11.8 Å². The van der Waals surface area contributed by atoms with Crippen LogP contribution in [0.4, 0.5) is 5.69 Å². The summed E-state index contributed by atoms with van der Waals surface area (Å²) in [7, 11) is 0. The predicted octanol–water partition coefficient (Wildman–Crippen LogP) is 1.17. The monoisotopic (exact) mass is 289 g/mol. The van der Waals surface area contributed by atoms with Crippen LogP contribution in [0.15, 0.2) is 18.2 Å². The molecule has 0 bridgehead atoms. The van der Waals surface area contributed by atoms with Gasteiger partial charge in [0.05, 0.1) is 11.1 Å². The largest absolute Gasteiger partial charge is 0.398 e. The third-order valence-electron chi connectivity index (χ3n) is 3.32. The number of carbonyl (C=O) groups is 3. The number of nitrogens with one attached hydrogen (secondary N) is 1. The van der Waals surface area contributed by atoms with E-state index in [-0.39, 0.29) is 23.2 Å². The zero-order valence-electron chi connectivity index (χ0n) is 12.2. The summed E-state index contributed by atoms with van der Waals surface area (Å²) in [6, 6.07) is 4.99. The molecule has 1 aromatic carbocycles. The normalized spacial score (nSPS) is 14.0. The van der Waals surface area contributed by atoms with E-state index in [1.54, 1.807) is 12.1 Å². The van der Waals surface area contributed by atoms with Gasteiger partial charge in [0.1, 0.15) is 0 Å². The van der Waals surface area contributed by atoms with E-state index in [1.165, 1.54) is 6.07 Å². The lowest BCUT2D eigenvalue weighted by molar-refractivity contribution is -0.126. The molecule has 0 unspecified atom stereocenters. The standard InChI is InChI=1S/C15H19N3O3/c1-9(2)17-8-4-7-12(19)18-14(20)10-5-3-6-11(16)13(10)15(18)21/h3,5-6,9,17H,4,7-8,16H2,1-2H3. The number of hydrogen-bond acceptors (Lipinski definition) is 5. The Morgan fingerprint density at radius 1 is 1.29 bits per heavy atom. The van der Waals surface area contributed by atoms with Crippen LogP contribution in [-0.4, -0.2) is 35.2 Å². The maximum absolute atomic E-state index is 12.2. The van der Waals surface area contributed by atoms with Crippen LogP contribution in [0.5, 0.6) is 0 Å². The minimum Gasteiger partial charge on any atom is -0.398 e. The summed E-state index contributed by atoms with van der Waals surface area (Å²) in [5.74, 6) is -1.68. The molecule has 6 nitrogen and oxygen atoms in total. The van der Waals surface area contributed by atoms with Gasteiger partial charge in [-0.1, -0.05) is 19.9 Å². The van der Waals surface area contributed by atoms with Gasteiger partial charge in [0.15, 0.2) is 0 Å². The number of nitrogen functional groups attached to an aromatic ring is 1. The molecule has 0 atom stereocenters. The number of fused-ring (bicyclic) bond motifs is 1. The van der Waals surface area contributed by atoms with Gasteiger partial charge >= 0.3 is 0 Å². The number of anilines is 1. The molecule has 0 saturated heterocycles. The van der Waals surface area contributed by atoms with Crippen molar-refractivity contribution in [3.8, 4) is 0 Å². The van der Waals surface area contributed by atoms with Crippen molar-refractivity contribution >= 4 is 23.4 Å². The van der Waals surface area contributed by atoms with Gasteiger partial charge in [-0.15, -0.1) is 0 Å². The van der Waals surface area contributed by atoms with Crippen LogP contribution in [0.25, 0.3) is 0 Å². The molecule has 6 heteroatoms. The predicted molar refractivity (Wildman–Crippen MR) is 78.7 cm³/mol. The lowest BCUT2D eigenvalue weighted by Gasteiger charge is -2.12. The number of amides is 3. The van der Waals surface area contributed by atoms with Crippen LogP contribution < -0.4 is 11.1 Å². The zero-order chi connectivity index (χ0) is 15.6. The van der Waals surface area contributed by atoms with Crippen molar-refractivity contribution in [3.63, 3.8) is 0 Å². The first kappa shape index (κ1) is 15.2. The molecule has 3 amide bonds. The van der Waals surface area contributed by atoms with Crippen molar-refractivity contribution in [3.05, 3.63) is 29.3 Å². The molecular formula is C15H19N3O3. The summed E-state index contributed by atoms with van der Waals surface area (Å²) in [4.78, 5) is 37.2. The molecule has 112 valence electrons. The van der Waals surface area contributed by atoms with Gasteiger partial charge in [-0.25, -0.2) is 4.90 Å². The summed E-state index contributed by atoms with van der Waals surface area (Å²) in [5, 5.41) is 3.18. The van der Waals surface area contributed by atoms with Gasteiger partial charge in [0, 0.05) is 18.2 Å². The lowest BCUT2D eigenvalue weighted by atomic mass is 10.1. The van der Waals surface area contributed by atoms with Crippen LogP contribution in [-0.2, 0) is 4.79 Å². The summed E-state index contributed by atoms with van der Waals surface area (Å²) in [6.45, 7) is 4.68. The highest BCUT2D eigenvalue weighted by Crippen LogP contribution is 2.28. The lowest BCUT2D eigenvalue weighted by Crippen LogP contribution is -2.36. The Bertz CT molecular complexity index is 596. The molecule has 0 aromatic heterocycles. The Hall–Kier alpha value is -2.21. The third-order valence-corrected chi connectivity index (χ3v) is 3.32. The van der Waals surface area contributed by atoms with Gasteiger partial charge in [-0.05, 0) is 25.1 Å². The van der Waals surface area contributed by atoms with E-state index in [0.717, 1.165) is 0 Å². The number of imide groups is 3. The molecule has 0 aliphatic carbocycles. The number of hydrogen-bond donors (Lipinski definition) is 2. The van der Waals surface area contributed by atoms with Gasteiger partial charge in [-0.3, -0.25) is 14.4 Å². The molecule has 0 radical (unpaired) electrons. The average molecular weight is 289 g/mol. The van der Waals surface area contributed by atoms with E-state index < -0.39 is 17.7 Å². The minimum absolute atomic E-state index is 0.135. The van der Waals surface area contributed by atoms with E-state index in [9.17, 15) is 14.4 Å². The molecule has 2 rings (SSSR count). The number of rotatable bonds is 5. The van der Waals surface area contributed by atoms with Gasteiger partial charge in [0.2, 0.25) is 5.91 Å². The first-order chi connectivity index (χ1) is 9.93. The Morgan fingerprint density at radius 3 is 2.62 bits per heavy atom. The third kappa shape index (κ3) is 2.95. The number of nitrogens with two attached hydrogens (primary N) is 1. The number of benzene rings is 1. The zero-order valence-corrected chi connectivity index (χ0v) is 12.2. The fourth-order valence-corrected chi connectivity index (χ4v) is 2.28. The van der Waals surface area contributed by atoms with Crippen LogP contribution in [0.3, 0.4) is 0 Å². The molecule has 21 heavy (non-hydrogen) atoms. The molecule has 1 heterocycles. The molecule has 1 aliphatic heterocycles. The minimum atomic E-state index is -0.616. The van der Waals surface area contributed by atoms with Crippen LogP contribution in [0, 0.1) is 0 Å². The van der Waals surface area contributed by atoms with Crippen molar-refractivity contribution < 1.29 is 14.4 Å². The average Bonchev–Trinajstić information content (AvgIpc) is 2.68. The van der Waals surface area contributed by atoms with E-state index in [1.807, 2.05) is 13.8 Å². The van der Waals surface area contributed by atoms with Gasteiger partial charge < -0.3 is 11.1 Å². The smallest absolute Gasteiger partial charge is 0.270 e. The quantitative estimate of drug-likeness (QED) is 0.482. The van der Waals surface area contributed by atoms with Crippen LogP contribution in [0.2, 0.25) is 0 Å². The Labute approximate surface area is 123 Å². The van der Waals surface area contributed by atoms with Crippen LogP contribution >= 0.6 is 0 Å². The first-order valence-corrected chi connectivity index (χ1v) is 6.97. The maximum atomic E-state index is 12.2. The highest BCUT2D eigenvalue weighted by Gasteiger charge is 2.40. The van der Waals surface area contributed by atoms with E-state index in [4.69, 9.17) is 5.73 Å². The fourth-order valence-electron chi connectivity index (χ4n) is 2.28. The molecule has 3 N–H and O–H groups in total. The van der Waals surface area contributed by atoms with E-state index in [2.05, 4.69) is 5.32 Å².